The lowest BCUT2D eigenvalue weighted by molar-refractivity contribution is -0.143. The maximum atomic E-state index is 11.2. The summed E-state index contributed by atoms with van der Waals surface area (Å²) in [5.41, 5.74) is 1.37. The average Bonchev–Trinajstić information content (AvgIpc) is 2.36. The Bertz CT molecular complexity index is 319. The van der Waals surface area contributed by atoms with Gasteiger partial charge in [-0.1, -0.05) is 37.3 Å². The maximum absolute atomic E-state index is 11.2. The van der Waals surface area contributed by atoms with Gasteiger partial charge in [-0.2, -0.15) is 0 Å². The van der Waals surface area contributed by atoms with Crippen LogP contribution in [0.15, 0.2) is 30.3 Å². The van der Waals surface area contributed by atoms with Crippen molar-refractivity contribution in [3.8, 4) is 0 Å². The second kappa shape index (κ2) is 7.88. The molecule has 0 amide bonds. The van der Waals surface area contributed by atoms with E-state index in [2.05, 4.69) is 31.2 Å². The van der Waals surface area contributed by atoms with E-state index < -0.39 is 0 Å². The van der Waals surface area contributed by atoms with Crippen LogP contribution in [0.2, 0.25) is 0 Å². The molecule has 1 unspecified atom stereocenters. The van der Waals surface area contributed by atoms with Gasteiger partial charge in [0, 0.05) is 6.42 Å². The van der Waals surface area contributed by atoms with Crippen LogP contribution in [0.5, 0.6) is 0 Å². The van der Waals surface area contributed by atoms with E-state index in [1.807, 2.05) is 13.0 Å². The van der Waals surface area contributed by atoms with E-state index in [0.717, 1.165) is 19.3 Å². The Morgan fingerprint density at radius 1 is 1.24 bits per heavy atom. The molecule has 0 saturated heterocycles. The fraction of sp³-hybridized carbons (Fsp3) is 0.533. The van der Waals surface area contributed by atoms with Gasteiger partial charge >= 0.3 is 5.97 Å². The van der Waals surface area contributed by atoms with Gasteiger partial charge in [-0.15, -0.1) is 0 Å². The summed E-state index contributed by atoms with van der Waals surface area (Å²) in [6.07, 6.45) is 3.62. The Balaban J connectivity index is 2.36. The van der Waals surface area contributed by atoms with Gasteiger partial charge in [0.25, 0.3) is 0 Å². The Morgan fingerprint density at radius 3 is 2.53 bits per heavy atom. The molecule has 1 atom stereocenters. The number of carbonyl (C=O) groups is 1. The monoisotopic (exact) mass is 234 g/mol. The third-order valence-corrected chi connectivity index (χ3v) is 3.00. The normalized spacial score (nSPS) is 12.1. The molecule has 0 aliphatic rings. The van der Waals surface area contributed by atoms with Crippen molar-refractivity contribution in [1.82, 2.24) is 0 Å². The summed E-state index contributed by atoms with van der Waals surface area (Å²) in [6.45, 7) is 4.52. The third-order valence-electron chi connectivity index (χ3n) is 3.00. The number of benzene rings is 1. The maximum Gasteiger partial charge on any atom is 0.305 e. The number of hydrogen-bond donors (Lipinski definition) is 0. The van der Waals surface area contributed by atoms with E-state index in [1.165, 1.54) is 5.56 Å². The van der Waals surface area contributed by atoms with Crippen LogP contribution in [0.1, 0.15) is 51.0 Å². The fourth-order valence-corrected chi connectivity index (χ4v) is 2.06. The first-order valence-electron chi connectivity index (χ1n) is 6.48. The Morgan fingerprint density at radius 2 is 1.94 bits per heavy atom. The van der Waals surface area contributed by atoms with E-state index in [0.29, 0.717) is 18.9 Å². The Labute approximate surface area is 104 Å². The molecule has 94 valence electrons. The predicted molar refractivity (Wildman–Crippen MR) is 70.0 cm³/mol. The van der Waals surface area contributed by atoms with Crippen molar-refractivity contribution in [3.05, 3.63) is 35.9 Å². The largest absolute Gasteiger partial charge is 0.466 e. The summed E-state index contributed by atoms with van der Waals surface area (Å²) in [5.74, 6) is 0.487. The zero-order valence-corrected chi connectivity index (χ0v) is 10.8. The molecule has 17 heavy (non-hydrogen) atoms. The van der Waals surface area contributed by atoms with E-state index in [9.17, 15) is 4.79 Å². The highest BCUT2D eigenvalue weighted by Crippen LogP contribution is 2.25. The minimum atomic E-state index is -0.0737. The lowest BCUT2D eigenvalue weighted by Crippen LogP contribution is -2.05. The van der Waals surface area contributed by atoms with Crippen LogP contribution in [-0.2, 0) is 9.53 Å². The Hall–Kier alpha value is -1.31. The number of esters is 1. The van der Waals surface area contributed by atoms with Crippen molar-refractivity contribution >= 4 is 5.97 Å². The molecule has 1 aromatic carbocycles. The lowest BCUT2D eigenvalue weighted by Gasteiger charge is -2.14. The van der Waals surface area contributed by atoms with Crippen molar-refractivity contribution < 1.29 is 9.53 Å². The van der Waals surface area contributed by atoms with Gasteiger partial charge in [0.2, 0.25) is 0 Å². The first-order valence-corrected chi connectivity index (χ1v) is 6.48. The van der Waals surface area contributed by atoms with Crippen LogP contribution in [-0.4, -0.2) is 12.6 Å². The lowest BCUT2D eigenvalue weighted by atomic mass is 9.91. The van der Waals surface area contributed by atoms with Crippen molar-refractivity contribution in [2.45, 2.75) is 45.4 Å². The van der Waals surface area contributed by atoms with E-state index in [1.54, 1.807) is 0 Å². The SMILES string of the molecule is CCOC(=O)CCCC(CC)c1ccccc1. The molecule has 0 aliphatic carbocycles. The van der Waals surface area contributed by atoms with Crippen LogP contribution >= 0.6 is 0 Å². The van der Waals surface area contributed by atoms with E-state index in [4.69, 9.17) is 4.74 Å². The average molecular weight is 234 g/mol. The zero-order valence-electron chi connectivity index (χ0n) is 10.8. The van der Waals surface area contributed by atoms with E-state index >= 15 is 0 Å². The molecule has 0 bridgehead atoms. The van der Waals surface area contributed by atoms with E-state index in [-0.39, 0.29) is 5.97 Å². The Kier molecular flexibility index (Phi) is 6.38. The van der Waals surface area contributed by atoms with Gasteiger partial charge in [-0.25, -0.2) is 0 Å². The summed E-state index contributed by atoms with van der Waals surface area (Å²) in [5, 5.41) is 0. The fourth-order valence-electron chi connectivity index (χ4n) is 2.06. The molecule has 0 fully saturated rings. The summed E-state index contributed by atoms with van der Waals surface area (Å²) in [4.78, 5) is 11.2. The number of carbonyl (C=O) groups excluding carboxylic acids is 1. The molecule has 1 aromatic rings. The second-order valence-corrected chi connectivity index (χ2v) is 4.21. The van der Waals surface area contributed by atoms with Gasteiger partial charge in [0.1, 0.15) is 0 Å². The quantitative estimate of drug-likeness (QED) is 0.668. The van der Waals surface area contributed by atoms with Crippen molar-refractivity contribution in [3.63, 3.8) is 0 Å². The van der Waals surface area contributed by atoms with Crippen LogP contribution < -0.4 is 0 Å². The minimum absolute atomic E-state index is 0.0737. The first kappa shape index (κ1) is 13.8. The van der Waals surface area contributed by atoms with Gasteiger partial charge in [0.05, 0.1) is 6.61 Å². The van der Waals surface area contributed by atoms with Crippen molar-refractivity contribution in [2.75, 3.05) is 6.61 Å². The smallest absolute Gasteiger partial charge is 0.305 e. The molecular weight excluding hydrogens is 212 g/mol. The number of rotatable bonds is 7. The number of hydrogen-bond acceptors (Lipinski definition) is 2. The van der Waals surface area contributed by atoms with Crippen LogP contribution in [0.25, 0.3) is 0 Å². The van der Waals surface area contributed by atoms with Gasteiger partial charge in [0.15, 0.2) is 0 Å². The highest BCUT2D eigenvalue weighted by Gasteiger charge is 2.10. The summed E-state index contributed by atoms with van der Waals surface area (Å²) in [6, 6.07) is 10.5. The molecule has 0 aliphatic heterocycles. The molecule has 0 radical (unpaired) electrons. The van der Waals surface area contributed by atoms with Crippen molar-refractivity contribution in [1.29, 1.82) is 0 Å². The molecule has 0 N–H and O–H groups in total. The highest BCUT2D eigenvalue weighted by molar-refractivity contribution is 5.69. The topological polar surface area (TPSA) is 26.3 Å². The molecule has 0 heterocycles. The summed E-state index contributed by atoms with van der Waals surface area (Å²) >= 11 is 0. The highest BCUT2D eigenvalue weighted by atomic mass is 16.5. The number of ether oxygens (including phenoxy) is 1. The summed E-state index contributed by atoms with van der Waals surface area (Å²) in [7, 11) is 0. The molecule has 0 spiro atoms. The molecule has 2 heteroatoms. The molecule has 2 nitrogen and oxygen atoms in total. The van der Waals surface area contributed by atoms with Crippen LogP contribution in [0.3, 0.4) is 0 Å². The second-order valence-electron chi connectivity index (χ2n) is 4.21. The molecule has 0 saturated carbocycles. The van der Waals surface area contributed by atoms with Gasteiger partial charge in [-0.3, -0.25) is 4.79 Å². The van der Waals surface area contributed by atoms with Crippen LogP contribution in [0.4, 0.5) is 0 Å². The molecular formula is C15H22O2. The molecule has 1 rings (SSSR count). The third kappa shape index (κ3) is 5.03. The van der Waals surface area contributed by atoms with Crippen molar-refractivity contribution in [2.24, 2.45) is 0 Å². The molecule has 0 aromatic heterocycles. The van der Waals surface area contributed by atoms with Crippen LogP contribution in [0, 0.1) is 0 Å². The minimum Gasteiger partial charge on any atom is -0.466 e. The zero-order chi connectivity index (χ0) is 12.5. The predicted octanol–water partition coefficient (Wildman–Crippen LogP) is 3.91. The summed E-state index contributed by atoms with van der Waals surface area (Å²) < 4.78 is 4.92. The van der Waals surface area contributed by atoms with Gasteiger partial charge in [-0.05, 0) is 37.7 Å². The standard InChI is InChI=1S/C15H22O2/c1-3-13(14-9-6-5-7-10-14)11-8-12-15(16)17-4-2/h5-7,9-10,13H,3-4,8,11-12H2,1-2H3. The van der Waals surface area contributed by atoms with Gasteiger partial charge < -0.3 is 4.74 Å². The first-order chi connectivity index (χ1) is 8.27.